The second-order valence-corrected chi connectivity index (χ2v) is 5.37. The third-order valence-electron chi connectivity index (χ3n) is 3.65. The van der Waals surface area contributed by atoms with Gasteiger partial charge in [0.25, 0.3) is 0 Å². The number of β-amino-alcohol motifs (C(OH)–C–C–N with tert-alkyl or cyclic N) is 1. The van der Waals surface area contributed by atoms with Crippen LogP contribution in [0, 0.1) is 0 Å². The maximum atomic E-state index is 9.71. The van der Waals surface area contributed by atoms with Gasteiger partial charge in [0.05, 0.1) is 6.10 Å². The van der Waals surface area contributed by atoms with Gasteiger partial charge < -0.3 is 15.3 Å². The molecule has 2 unspecified atom stereocenters. The number of nitrogens with zero attached hydrogens (tertiary/aromatic N) is 1. The van der Waals surface area contributed by atoms with Crippen LogP contribution in [0.25, 0.3) is 0 Å². The van der Waals surface area contributed by atoms with Crippen molar-refractivity contribution in [3.8, 4) is 0 Å². The van der Waals surface area contributed by atoms with E-state index in [-0.39, 0.29) is 12.1 Å². The van der Waals surface area contributed by atoms with Gasteiger partial charge in [0.15, 0.2) is 0 Å². The van der Waals surface area contributed by atoms with Crippen LogP contribution in [0.2, 0.25) is 5.02 Å². The van der Waals surface area contributed by atoms with Gasteiger partial charge >= 0.3 is 0 Å². The van der Waals surface area contributed by atoms with Crippen molar-refractivity contribution >= 4 is 17.3 Å². The molecule has 0 bridgehead atoms. The summed E-state index contributed by atoms with van der Waals surface area (Å²) in [4.78, 5) is 2.20. The van der Waals surface area contributed by atoms with Crippen LogP contribution in [0.3, 0.4) is 0 Å². The highest BCUT2D eigenvalue weighted by Crippen LogP contribution is 2.29. The number of anilines is 1. The molecule has 3 nitrogen and oxygen atoms in total. The third-order valence-corrected chi connectivity index (χ3v) is 3.97. The summed E-state index contributed by atoms with van der Waals surface area (Å²) >= 11 is 6.33. The van der Waals surface area contributed by atoms with Gasteiger partial charge in [-0.05, 0) is 44.5 Å². The summed E-state index contributed by atoms with van der Waals surface area (Å²) in [6.07, 6.45) is 1.72. The first-order valence-electron chi connectivity index (χ1n) is 6.51. The molecule has 0 amide bonds. The Morgan fingerprint density at radius 3 is 2.89 bits per heavy atom. The molecule has 100 valence electrons. The van der Waals surface area contributed by atoms with Crippen molar-refractivity contribution in [1.29, 1.82) is 0 Å². The first-order chi connectivity index (χ1) is 8.61. The minimum Gasteiger partial charge on any atom is -0.391 e. The van der Waals surface area contributed by atoms with Crippen molar-refractivity contribution in [3.63, 3.8) is 0 Å². The fraction of sp³-hybridized carbons (Fsp3) is 0.571. The van der Waals surface area contributed by atoms with Crippen LogP contribution in [0.1, 0.15) is 31.4 Å². The summed E-state index contributed by atoms with van der Waals surface area (Å²) in [5.74, 6) is 0. The second-order valence-electron chi connectivity index (χ2n) is 4.96. The van der Waals surface area contributed by atoms with Gasteiger partial charge in [-0.15, -0.1) is 0 Å². The van der Waals surface area contributed by atoms with Crippen molar-refractivity contribution < 1.29 is 5.11 Å². The Morgan fingerprint density at radius 2 is 2.28 bits per heavy atom. The fourth-order valence-electron chi connectivity index (χ4n) is 2.41. The Hall–Kier alpha value is -0.770. The lowest BCUT2D eigenvalue weighted by molar-refractivity contribution is 0.154. The van der Waals surface area contributed by atoms with Crippen molar-refractivity contribution in [2.24, 2.45) is 0 Å². The topological polar surface area (TPSA) is 35.5 Å². The Bertz CT molecular complexity index is 411. The number of benzene rings is 1. The summed E-state index contributed by atoms with van der Waals surface area (Å²) in [6.45, 7) is 3.79. The molecule has 4 heteroatoms. The highest BCUT2D eigenvalue weighted by Gasteiger charge is 2.19. The van der Waals surface area contributed by atoms with Gasteiger partial charge in [0, 0.05) is 29.8 Å². The molecule has 18 heavy (non-hydrogen) atoms. The number of halogens is 1. The average Bonchev–Trinajstić information content (AvgIpc) is 2.37. The molecule has 1 saturated heterocycles. The average molecular weight is 269 g/mol. The molecule has 0 spiro atoms. The zero-order valence-electron chi connectivity index (χ0n) is 11.0. The van der Waals surface area contributed by atoms with Crippen LogP contribution in [-0.4, -0.2) is 31.3 Å². The molecule has 1 aliphatic rings. The second kappa shape index (κ2) is 5.91. The lowest BCUT2D eigenvalue weighted by atomic mass is 10.0. The molecule has 2 rings (SSSR count). The summed E-state index contributed by atoms with van der Waals surface area (Å²) < 4.78 is 0. The molecular weight excluding hydrogens is 248 g/mol. The third kappa shape index (κ3) is 2.97. The van der Waals surface area contributed by atoms with Crippen LogP contribution in [0.4, 0.5) is 5.69 Å². The van der Waals surface area contributed by atoms with E-state index in [0.29, 0.717) is 6.54 Å². The summed E-state index contributed by atoms with van der Waals surface area (Å²) in [5.41, 5.74) is 2.21. The summed E-state index contributed by atoms with van der Waals surface area (Å²) in [6, 6.07) is 6.41. The number of hydrogen-bond donors (Lipinski definition) is 2. The SMILES string of the molecule is CNC(C)c1ccc(N2CCCC(O)C2)cc1Cl. The van der Waals surface area contributed by atoms with Crippen LogP contribution >= 0.6 is 11.6 Å². The van der Waals surface area contributed by atoms with E-state index in [2.05, 4.69) is 29.3 Å². The molecule has 1 fully saturated rings. The van der Waals surface area contributed by atoms with Crippen LogP contribution in [0.15, 0.2) is 18.2 Å². The Morgan fingerprint density at radius 1 is 1.50 bits per heavy atom. The van der Waals surface area contributed by atoms with E-state index in [0.717, 1.165) is 35.7 Å². The highest BCUT2D eigenvalue weighted by atomic mass is 35.5. The largest absolute Gasteiger partial charge is 0.391 e. The summed E-state index contributed by atoms with van der Waals surface area (Å²) in [5, 5.41) is 13.7. The number of rotatable bonds is 3. The van der Waals surface area contributed by atoms with Crippen LogP contribution in [-0.2, 0) is 0 Å². The van der Waals surface area contributed by atoms with E-state index in [1.54, 1.807) is 0 Å². The van der Waals surface area contributed by atoms with E-state index in [9.17, 15) is 5.11 Å². The standard InChI is InChI=1S/C14H21ClN2O/c1-10(16-2)13-6-5-11(8-14(13)15)17-7-3-4-12(18)9-17/h5-6,8,10,12,16,18H,3-4,7,9H2,1-2H3. The molecule has 1 aromatic rings. The predicted molar refractivity (Wildman–Crippen MR) is 76.4 cm³/mol. The van der Waals surface area contributed by atoms with Crippen molar-refractivity contribution in [2.45, 2.75) is 31.9 Å². The van der Waals surface area contributed by atoms with Gasteiger partial charge in [0.1, 0.15) is 0 Å². The lowest BCUT2D eigenvalue weighted by Crippen LogP contribution is -2.38. The molecule has 0 aromatic heterocycles. The predicted octanol–water partition coefficient (Wildman–Crippen LogP) is 2.58. The first-order valence-corrected chi connectivity index (χ1v) is 6.89. The fourth-order valence-corrected chi connectivity index (χ4v) is 2.75. The first kappa shape index (κ1) is 13.7. The molecule has 2 atom stereocenters. The minimum atomic E-state index is -0.214. The molecule has 1 heterocycles. The number of nitrogens with one attached hydrogen (secondary N) is 1. The van der Waals surface area contributed by atoms with Crippen molar-refractivity contribution in [1.82, 2.24) is 5.32 Å². The Kier molecular flexibility index (Phi) is 4.49. The molecule has 2 N–H and O–H groups in total. The monoisotopic (exact) mass is 268 g/mol. The smallest absolute Gasteiger partial charge is 0.0715 e. The number of aliphatic hydroxyl groups is 1. The van der Waals surface area contributed by atoms with Crippen molar-refractivity contribution in [2.75, 3.05) is 25.0 Å². The quantitative estimate of drug-likeness (QED) is 0.885. The normalized spacial score (nSPS) is 22.0. The van der Waals surface area contributed by atoms with Gasteiger partial charge in [-0.1, -0.05) is 17.7 Å². The molecule has 1 aromatic carbocycles. The lowest BCUT2D eigenvalue weighted by Gasteiger charge is -2.32. The van der Waals surface area contributed by atoms with Gasteiger partial charge in [-0.2, -0.15) is 0 Å². The zero-order chi connectivity index (χ0) is 13.1. The van der Waals surface area contributed by atoms with E-state index < -0.39 is 0 Å². The van der Waals surface area contributed by atoms with Gasteiger partial charge in [0.2, 0.25) is 0 Å². The van der Waals surface area contributed by atoms with E-state index in [1.807, 2.05) is 13.1 Å². The number of piperidine rings is 1. The molecule has 0 radical (unpaired) electrons. The van der Waals surface area contributed by atoms with E-state index >= 15 is 0 Å². The summed E-state index contributed by atoms with van der Waals surface area (Å²) in [7, 11) is 1.93. The van der Waals surface area contributed by atoms with Gasteiger partial charge in [-0.3, -0.25) is 0 Å². The van der Waals surface area contributed by atoms with Gasteiger partial charge in [-0.25, -0.2) is 0 Å². The molecule has 0 aliphatic carbocycles. The maximum absolute atomic E-state index is 9.71. The maximum Gasteiger partial charge on any atom is 0.0715 e. The number of aliphatic hydroxyl groups excluding tert-OH is 1. The van der Waals surface area contributed by atoms with E-state index in [1.165, 1.54) is 0 Å². The molecular formula is C14H21ClN2O. The molecule has 1 aliphatic heterocycles. The van der Waals surface area contributed by atoms with Crippen LogP contribution < -0.4 is 10.2 Å². The molecule has 0 saturated carbocycles. The minimum absolute atomic E-state index is 0.214. The van der Waals surface area contributed by atoms with E-state index in [4.69, 9.17) is 11.6 Å². The van der Waals surface area contributed by atoms with Crippen LogP contribution in [0.5, 0.6) is 0 Å². The Labute approximate surface area is 114 Å². The van der Waals surface area contributed by atoms with Crippen molar-refractivity contribution in [3.05, 3.63) is 28.8 Å². The highest BCUT2D eigenvalue weighted by molar-refractivity contribution is 6.31. The zero-order valence-corrected chi connectivity index (χ0v) is 11.7. The number of hydrogen-bond acceptors (Lipinski definition) is 3. The Balaban J connectivity index is 2.17.